The van der Waals surface area contributed by atoms with Gasteiger partial charge in [0, 0.05) is 24.0 Å². The molecule has 0 heterocycles. The van der Waals surface area contributed by atoms with Crippen molar-refractivity contribution >= 4 is 38.9 Å². The number of hydrogen-bond acceptors (Lipinski definition) is 5. The molecule has 37 heavy (non-hydrogen) atoms. The molecule has 0 aliphatic heterocycles. The monoisotopic (exact) mass is 523 g/mol. The lowest BCUT2D eigenvalue weighted by atomic mass is 9.87. The van der Waals surface area contributed by atoms with Gasteiger partial charge in [-0.1, -0.05) is 39.0 Å². The topological polar surface area (TPSA) is 105 Å². The highest BCUT2D eigenvalue weighted by Gasteiger charge is 2.17. The summed E-state index contributed by atoms with van der Waals surface area (Å²) in [6.07, 6.45) is 0.298. The van der Waals surface area contributed by atoms with Crippen molar-refractivity contribution < 1.29 is 22.7 Å². The van der Waals surface area contributed by atoms with Crippen molar-refractivity contribution in [1.29, 1.82) is 0 Å². The average Bonchev–Trinajstić information content (AvgIpc) is 2.83. The molecule has 0 aliphatic rings. The van der Waals surface area contributed by atoms with E-state index < -0.39 is 16.1 Å². The maximum atomic E-state index is 12.7. The van der Waals surface area contributed by atoms with Crippen LogP contribution in [0.15, 0.2) is 72.8 Å². The van der Waals surface area contributed by atoms with Gasteiger partial charge >= 0.3 is 0 Å². The molecule has 1 atom stereocenters. The van der Waals surface area contributed by atoms with Gasteiger partial charge in [-0.2, -0.15) is 0 Å². The van der Waals surface area contributed by atoms with E-state index >= 15 is 0 Å². The summed E-state index contributed by atoms with van der Waals surface area (Å²) in [5, 5.41) is 5.64. The molecule has 8 nitrogen and oxygen atoms in total. The third-order valence-electron chi connectivity index (χ3n) is 5.78. The van der Waals surface area contributed by atoms with Crippen LogP contribution in [0.2, 0.25) is 0 Å². The second-order valence-electron chi connectivity index (χ2n) is 9.84. The molecule has 0 spiro atoms. The van der Waals surface area contributed by atoms with Crippen LogP contribution in [0.1, 0.15) is 43.6 Å². The van der Waals surface area contributed by atoms with E-state index in [0.717, 1.165) is 16.1 Å². The van der Waals surface area contributed by atoms with Gasteiger partial charge in [-0.25, -0.2) is 8.42 Å². The number of benzene rings is 3. The Morgan fingerprint density at radius 1 is 0.892 bits per heavy atom. The van der Waals surface area contributed by atoms with Crippen LogP contribution >= 0.6 is 0 Å². The number of nitrogens with zero attached hydrogens (tertiary/aromatic N) is 1. The Balaban J connectivity index is 1.60. The number of carbonyl (C=O) groups is 2. The quantitative estimate of drug-likeness (QED) is 0.431. The van der Waals surface area contributed by atoms with Crippen LogP contribution in [0, 0.1) is 0 Å². The summed E-state index contributed by atoms with van der Waals surface area (Å²) in [4.78, 5) is 25.4. The molecule has 196 valence electrons. The summed E-state index contributed by atoms with van der Waals surface area (Å²) in [5.74, 6) is -0.198. The van der Waals surface area contributed by atoms with Gasteiger partial charge in [-0.15, -0.1) is 0 Å². The normalized spacial score (nSPS) is 12.4. The molecule has 0 aliphatic carbocycles. The third-order valence-corrected chi connectivity index (χ3v) is 6.99. The lowest BCUT2D eigenvalue weighted by Gasteiger charge is -2.19. The number of nitrogens with one attached hydrogen (secondary N) is 2. The Kier molecular flexibility index (Phi) is 8.28. The molecule has 2 N–H and O–H groups in total. The minimum atomic E-state index is -3.37. The molecule has 0 fully saturated rings. The summed E-state index contributed by atoms with van der Waals surface area (Å²) in [7, 11) is -1.91. The van der Waals surface area contributed by atoms with E-state index in [4.69, 9.17) is 4.74 Å². The zero-order valence-corrected chi connectivity index (χ0v) is 22.7. The fourth-order valence-corrected chi connectivity index (χ4v) is 3.93. The van der Waals surface area contributed by atoms with E-state index in [1.165, 1.54) is 7.05 Å². The number of rotatable bonds is 8. The summed E-state index contributed by atoms with van der Waals surface area (Å²) < 4.78 is 30.2. The van der Waals surface area contributed by atoms with Crippen molar-refractivity contribution in [2.24, 2.45) is 0 Å². The zero-order chi connectivity index (χ0) is 27.4. The molecule has 0 saturated heterocycles. The third kappa shape index (κ3) is 7.57. The van der Waals surface area contributed by atoms with E-state index in [0.29, 0.717) is 28.4 Å². The Morgan fingerprint density at radius 3 is 2.00 bits per heavy atom. The summed E-state index contributed by atoms with van der Waals surface area (Å²) in [6.45, 7) is 7.96. The highest BCUT2D eigenvalue weighted by atomic mass is 32.2. The Morgan fingerprint density at radius 2 is 1.46 bits per heavy atom. The van der Waals surface area contributed by atoms with Crippen LogP contribution < -0.4 is 19.7 Å². The number of carbonyl (C=O) groups excluding carboxylic acids is 2. The zero-order valence-electron chi connectivity index (χ0n) is 21.9. The predicted octanol–water partition coefficient (Wildman–Crippen LogP) is 5.04. The molecule has 3 aromatic carbocycles. The lowest BCUT2D eigenvalue weighted by molar-refractivity contribution is -0.122. The van der Waals surface area contributed by atoms with E-state index in [1.807, 2.05) is 12.1 Å². The van der Waals surface area contributed by atoms with Crippen molar-refractivity contribution in [2.75, 3.05) is 28.2 Å². The summed E-state index contributed by atoms with van der Waals surface area (Å²) >= 11 is 0. The molecule has 0 saturated carbocycles. The molecule has 0 aromatic heterocycles. The first-order valence-corrected chi connectivity index (χ1v) is 13.6. The number of anilines is 3. The molecule has 3 aromatic rings. The molecular weight excluding hydrogens is 490 g/mol. The first kappa shape index (κ1) is 27.7. The standard InChI is InChI=1S/C28H33N3O5S/c1-19(36-25-16-14-24(15-17-25)31(5)37(6,34)35)26(32)29-22-8-7-9-23(18-22)30-27(33)20-10-12-21(13-11-20)28(2,3)4/h7-19H,1-6H3,(H,29,32)(H,30,33)/t19-/m1/s1. The van der Waals surface area contributed by atoms with Crippen molar-refractivity contribution in [3.05, 3.63) is 83.9 Å². The van der Waals surface area contributed by atoms with Gasteiger partial charge in [0.25, 0.3) is 11.8 Å². The van der Waals surface area contributed by atoms with E-state index in [9.17, 15) is 18.0 Å². The van der Waals surface area contributed by atoms with Crippen LogP contribution in [-0.2, 0) is 20.2 Å². The second-order valence-corrected chi connectivity index (χ2v) is 11.8. The molecule has 9 heteroatoms. The van der Waals surface area contributed by atoms with Crippen LogP contribution in [0.25, 0.3) is 0 Å². The largest absolute Gasteiger partial charge is 0.481 e. The number of hydrogen-bond donors (Lipinski definition) is 2. The van der Waals surface area contributed by atoms with Crippen molar-refractivity contribution in [3.63, 3.8) is 0 Å². The van der Waals surface area contributed by atoms with Crippen LogP contribution in [0.5, 0.6) is 5.75 Å². The number of ether oxygens (including phenoxy) is 1. The average molecular weight is 524 g/mol. The summed E-state index contributed by atoms with van der Waals surface area (Å²) in [5.41, 5.74) is 3.21. The van der Waals surface area contributed by atoms with Crippen molar-refractivity contribution in [2.45, 2.75) is 39.2 Å². The molecule has 0 unspecified atom stereocenters. The smallest absolute Gasteiger partial charge is 0.265 e. The van der Waals surface area contributed by atoms with E-state index in [2.05, 4.69) is 31.4 Å². The Bertz CT molecular complexity index is 1360. The van der Waals surface area contributed by atoms with Gasteiger partial charge in [-0.3, -0.25) is 13.9 Å². The van der Waals surface area contributed by atoms with E-state index in [1.54, 1.807) is 67.6 Å². The molecule has 0 bridgehead atoms. The minimum absolute atomic E-state index is 0.000793. The van der Waals surface area contributed by atoms with Crippen molar-refractivity contribution in [1.82, 2.24) is 0 Å². The minimum Gasteiger partial charge on any atom is -0.481 e. The SMILES string of the molecule is C[C@@H](Oc1ccc(N(C)S(C)(=O)=O)cc1)C(=O)Nc1cccc(NC(=O)c2ccc(C(C)(C)C)cc2)c1. The maximum absolute atomic E-state index is 12.7. The lowest BCUT2D eigenvalue weighted by Crippen LogP contribution is -2.30. The molecule has 0 radical (unpaired) electrons. The van der Waals surface area contributed by atoms with Gasteiger partial charge in [0.2, 0.25) is 10.0 Å². The van der Waals surface area contributed by atoms with Crippen LogP contribution in [0.4, 0.5) is 17.1 Å². The summed E-state index contributed by atoms with van der Waals surface area (Å²) in [6, 6.07) is 20.8. The van der Waals surface area contributed by atoms with Gasteiger partial charge in [0.15, 0.2) is 6.10 Å². The van der Waals surface area contributed by atoms with Crippen LogP contribution in [0.3, 0.4) is 0 Å². The maximum Gasteiger partial charge on any atom is 0.265 e. The molecule has 3 rings (SSSR count). The highest BCUT2D eigenvalue weighted by Crippen LogP contribution is 2.24. The van der Waals surface area contributed by atoms with Gasteiger partial charge in [0.1, 0.15) is 5.75 Å². The van der Waals surface area contributed by atoms with Crippen LogP contribution in [-0.4, -0.2) is 39.6 Å². The van der Waals surface area contributed by atoms with E-state index in [-0.39, 0.29) is 17.2 Å². The Hall–Kier alpha value is -3.85. The Labute approximate surface area is 218 Å². The van der Waals surface area contributed by atoms with Crippen molar-refractivity contribution in [3.8, 4) is 5.75 Å². The molecule has 2 amide bonds. The predicted molar refractivity (Wildman–Crippen MR) is 148 cm³/mol. The fraction of sp³-hybridized carbons (Fsp3) is 0.286. The highest BCUT2D eigenvalue weighted by molar-refractivity contribution is 7.92. The van der Waals surface area contributed by atoms with Gasteiger partial charge < -0.3 is 15.4 Å². The second kappa shape index (κ2) is 11.0. The van der Waals surface area contributed by atoms with Gasteiger partial charge in [0.05, 0.1) is 11.9 Å². The van der Waals surface area contributed by atoms with Gasteiger partial charge in [-0.05, 0) is 72.5 Å². The molecular formula is C28H33N3O5S. The number of sulfonamides is 1. The first-order chi connectivity index (χ1) is 17.2. The first-order valence-electron chi connectivity index (χ1n) is 11.8. The fourth-order valence-electron chi connectivity index (χ4n) is 3.43. The number of amides is 2.